The topological polar surface area (TPSA) is 140 Å². The van der Waals surface area contributed by atoms with Crippen LogP contribution in [0.1, 0.15) is 62.6 Å². The summed E-state index contributed by atoms with van der Waals surface area (Å²) < 4.78 is 31.6. The number of phenolic OH excluding ortho intramolecular Hbond substituents is 1. The maximum Gasteiger partial charge on any atom is 0.303 e. The van der Waals surface area contributed by atoms with Crippen molar-refractivity contribution in [1.29, 1.82) is 0 Å². The molecule has 1 atom stereocenters. The van der Waals surface area contributed by atoms with Crippen LogP contribution in [0.4, 0.5) is 4.39 Å². The molecule has 4 rings (SSSR count). The van der Waals surface area contributed by atoms with E-state index in [1.165, 1.54) is 12.1 Å². The molecule has 0 bridgehead atoms. The summed E-state index contributed by atoms with van der Waals surface area (Å²) in [5.74, 6) is 0.827. The fourth-order valence-corrected chi connectivity index (χ4v) is 4.54. The molecule has 42 heavy (non-hydrogen) atoms. The number of phenols is 1. The van der Waals surface area contributed by atoms with E-state index in [1.807, 2.05) is 19.9 Å². The van der Waals surface area contributed by atoms with Gasteiger partial charge in [0, 0.05) is 30.0 Å². The van der Waals surface area contributed by atoms with Crippen LogP contribution in [0.15, 0.2) is 54.6 Å². The van der Waals surface area contributed by atoms with E-state index in [0.29, 0.717) is 72.2 Å². The zero-order valence-corrected chi connectivity index (χ0v) is 23.7. The van der Waals surface area contributed by atoms with E-state index < -0.39 is 12.1 Å². The summed E-state index contributed by atoms with van der Waals surface area (Å²) in [5, 5.41) is 34.1. The number of tetrazole rings is 1. The molecule has 0 spiro atoms. The monoisotopic (exact) mass is 578 g/mol. The lowest BCUT2D eigenvalue weighted by Crippen LogP contribution is -2.12. The number of aromatic nitrogens is 4. The van der Waals surface area contributed by atoms with Crippen molar-refractivity contribution in [2.24, 2.45) is 0 Å². The molecule has 3 aromatic carbocycles. The Hall–Kier alpha value is -4.67. The van der Waals surface area contributed by atoms with E-state index >= 15 is 0 Å². The molecule has 4 aromatic rings. The van der Waals surface area contributed by atoms with Crippen LogP contribution < -0.4 is 14.2 Å². The third-order valence-electron chi connectivity index (χ3n) is 6.67. The highest BCUT2D eigenvalue weighted by atomic mass is 19.1. The molecule has 1 aromatic heterocycles. The number of ether oxygens (including phenoxy) is 3. The van der Waals surface area contributed by atoms with E-state index in [4.69, 9.17) is 14.2 Å². The predicted octanol–water partition coefficient (Wildman–Crippen LogP) is 6.06. The van der Waals surface area contributed by atoms with Crippen LogP contribution in [0.3, 0.4) is 0 Å². The molecular weight excluding hydrogens is 543 g/mol. The maximum atomic E-state index is 13.3. The lowest BCUT2D eigenvalue weighted by atomic mass is 10.00. The smallest absolute Gasteiger partial charge is 0.303 e. The second-order valence-electron chi connectivity index (χ2n) is 9.68. The molecule has 11 heteroatoms. The highest BCUT2D eigenvalue weighted by molar-refractivity contribution is 5.72. The third kappa shape index (κ3) is 7.96. The Morgan fingerprint density at radius 2 is 1.76 bits per heavy atom. The molecule has 1 heterocycles. The lowest BCUT2D eigenvalue weighted by Gasteiger charge is -2.20. The molecule has 222 valence electrons. The van der Waals surface area contributed by atoms with Gasteiger partial charge in [-0.3, -0.25) is 4.79 Å². The molecule has 10 nitrogen and oxygen atoms in total. The maximum absolute atomic E-state index is 13.3. The van der Waals surface area contributed by atoms with Gasteiger partial charge in [-0.2, -0.15) is 5.21 Å². The van der Waals surface area contributed by atoms with Gasteiger partial charge in [0.1, 0.15) is 28.8 Å². The van der Waals surface area contributed by atoms with E-state index in [0.717, 1.165) is 12.0 Å². The number of halogens is 1. The summed E-state index contributed by atoms with van der Waals surface area (Å²) >= 11 is 0. The molecule has 0 fully saturated rings. The van der Waals surface area contributed by atoms with Crippen molar-refractivity contribution in [3.63, 3.8) is 0 Å². The molecule has 0 aliphatic carbocycles. The summed E-state index contributed by atoms with van der Waals surface area (Å²) in [6, 6.07) is 14.8. The van der Waals surface area contributed by atoms with E-state index in [9.17, 15) is 19.4 Å². The van der Waals surface area contributed by atoms with Gasteiger partial charge < -0.3 is 24.4 Å². The van der Waals surface area contributed by atoms with Crippen LogP contribution >= 0.6 is 0 Å². The van der Waals surface area contributed by atoms with Gasteiger partial charge in [0.15, 0.2) is 6.10 Å². The Morgan fingerprint density at radius 1 is 1.02 bits per heavy atom. The second-order valence-corrected chi connectivity index (χ2v) is 9.68. The molecule has 0 radical (unpaired) electrons. The number of aliphatic carboxylic acids is 1. The summed E-state index contributed by atoms with van der Waals surface area (Å²) in [4.78, 5) is 11.4. The average Bonchev–Trinajstić information content (AvgIpc) is 3.52. The second kappa shape index (κ2) is 14.8. The largest absolute Gasteiger partial charge is 0.507 e. The summed E-state index contributed by atoms with van der Waals surface area (Å²) in [5.41, 5.74) is 2.89. The molecule has 0 saturated heterocycles. The highest BCUT2D eigenvalue weighted by Gasteiger charge is 2.21. The Balaban J connectivity index is 1.41. The number of aryl methyl sites for hydroxylation is 1. The number of carbonyl (C=O) groups is 1. The quantitative estimate of drug-likeness (QED) is 0.135. The molecule has 3 N–H and O–H groups in total. The van der Waals surface area contributed by atoms with E-state index in [1.54, 1.807) is 36.4 Å². The van der Waals surface area contributed by atoms with Gasteiger partial charge in [-0.25, -0.2) is 4.39 Å². The Bertz CT molecular complexity index is 1450. The number of aromatic amines is 1. The van der Waals surface area contributed by atoms with E-state index in [-0.39, 0.29) is 24.4 Å². The van der Waals surface area contributed by atoms with Gasteiger partial charge in [-0.05, 0) is 60.7 Å². The minimum atomic E-state index is -0.923. The number of carboxylic acids is 1. The van der Waals surface area contributed by atoms with Crippen LogP contribution in [-0.2, 0) is 17.6 Å². The zero-order chi connectivity index (χ0) is 29.9. The number of rotatable bonds is 16. The minimum absolute atomic E-state index is 0.0483. The number of carboxylic acid groups (broad SMARTS) is 1. The highest BCUT2D eigenvalue weighted by Crippen LogP contribution is 2.36. The SMILES string of the molecule is CCCC(Oc1cccc(OCCCOc2cc(O)c(-c3ccc(F)cc3)cc2CC)c1CCC(=O)O)c1nn[nH]n1. The van der Waals surface area contributed by atoms with Crippen molar-refractivity contribution in [1.82, 2.24) is 20.6 Å². The van der Waals surface area contributed by atoms with Crippen molar-refractivity contribution < 1.29 is 33.6 Å². The first-order valence-electron chi connectivity index (χ1n) is 14.0. The summed E-state index contributed by atoms with van der Waals surface area (Å²) in [6.45, 7) is 4.66. The van der Waals surface area contributed by atoms with Gasteiger partial charge in [0.25, 0.3) is 0 Å². The van der Waals surface area contributed by atoms with Crippen molar-refractivity contribution in [3.05, 3.63) is 77.4 Å². The predicted molar refractivity (Wildman–Crippen MR) is 153 cm³/mol. The number of nitrogens with one attached hydrogen (secondary N) is 1. The molecule has 0 amide bonds. The Morgan fingerprint density at radius 3 is 2.43 bits per heavy atom. The minimum Gasteiger partial charge on any atom is -0.507 e. The van der Waals surface area contributed by atoms with E-state index in [2.05, 4.69) is 20.6 Å². The fraction of sp³-hybridized carbons (Fsp3) is 0.355. The normalized spacial score (nSPS) is 11.7. The van der Waals surface area contributed by atoms with Gasteiger partial charge >= 0.3 is 5.97 Å². The van der Waals surface area contributed by atoms with Gasteiger partial charge in [0.2, 0.25) is 5.82 Å². The van der Waals surface area contributed by atoms with Crippen molar-refractivity contribution in [2.75, 3.05) is 13.2 Å². The first-order valence-corrected chi connectivity index (χ1v) is 14.0. The van der Waals surface area contributed by atoms with Crippen molar-refractivity contribution in [2.45, 2.75) is 58.5 Å². The van der Waals surface area contributed by atoms with Crippen LogP contribution in [-0.4, -0.2) is 50.0 Å². The van der Waals surface area contributed by atoms with Crippen LogP contribution in [0, 0.1) is 5.82 Å². The number of nitrogens with zero attached hydrogens (tertiary/aromatic N) is 3. The first-order chi connectivity index (χ1) is 20.4. The molecule has 1 unspecified atom stereocenters. The zero-order valence-electron chi connectivity index (χ0n) is 23.7. The number of H-pyrrole nitrogens is 1. The fourth-order valence-electron chi connectivity index (χ4n) is 4.54. The summed E-state index contributed by atoms with van der Waals surface area (Å²) in [7, 11) is 0. The van der Waals surface area contributed by atoms with Gasteiger partial charge in [0.05, 0.1) is 13.2 Å². The van der Waals surface area contributed by atoms with Crippen LogP contribution in [0.5, 0.6) is 23.0 Å². The average molecular weight is 579 g/mol. The van der Waals surface area contributed by atoms with Gasteiger partial charge in [-0.15, -0.1) is 10.2 Å². The summed E-state index contributed by atoms with van der Waals surface area (Å²) in [6.07, 6.45) is 2.39. The molecule has 0 aliphatic rings. The molecule has 0 saturated carbocycles. The standard InChI is InChI=1S/C31H35FN4O6/c1-3-7-28(31-33-35-36-34-31)42-27-9-5-8-26(23(27)14-15-30(38)39)40-16-6-17-41-29-19-25(37)24(18-20(29)4-2)21-10-12-22(32)13-11-21/h5,8-13,18-19,28,37H,3-4,6-7,14-17H2,1-2H3,(H,38,39)(H,33,34,35,36). The lowest BCUT2D eigenvalue weighted by molar-refractivity contribution is -0.136. The number of benzene rings is 3. The molecule has 0 aliphatic heterocycles. The van der Waals surface area contributed by atoms with Gasteiger partial charge in [-0.1, -0.05) is 43.7 Å². The van der Waals surface area contributed by atoms with Crippen molar-refractivity contribution in [3.8, 4) is 34.1 Å². The number of hydrogen-bond acceptors (Lipinski definition) is 8. The third-order valence-corrected chi connectivity index (χ3v) is 6.67. The van der Waals surface area contributed by atoms with Crippen LogP contribution in [0.25, 0.3) is 11.1 Å². The number of hydrogen-bond donors (Lipinski definition) is 3. The Labute approximate surface area is 243 Å². The van der Waals surface area contributed by atoms with Crippen molar-refractivity contribution >= 4 is 5.97 Å². The Kier molecular flexibility index (Phi) is 10.7. The molecular formula is C31H35FN4O6. The van der Waals surface area contributed by atoms with Crippen LogP contribution in [0.2, 0.25) is 0 Å². The first kappa shape index (κ1) is 30.3. The number of aromatic hydroxyl groups is 1.